The lowest BCUT2D eigenvalue weighted by molar-refractivity contribution is 0.0486. The second-order valence-corrected chi connectivity index (χ2v) is 7.08. The van der Waals surface area contributed by atoms with Crippen LogP contribution in [0.5, 0.6) is 0 Å². The molecule has 4 amide bonds. The highest BCUT2D eigenvalue weighted by Crippen LogP contribution is 2.24. The van der Waals surface area contributed by atoms with Gasteiger partial charge in [0.05, 0.1) is 6.61 Å². The Morgan fingerprint density at radius 2 is 1.71 bits per heavy atom. The lowest BCUT2D eigenvalue weighted by Gasteiger charge is -2.34. The van der Waals surface area contributed by atoms with Crippen molar-refractivity contribution in [2.75, 3.05) is 6.61 Å². The fourth-order valence-electron chi connectivity index (χ4n) is 2.42. The molecule has 0 bridgehead atoms. The van der Waals surface area contributed by atoms with Crippen molar-refractivity contribution in [3.8, 4) is 0 Å². The summed E-state index contributed by atoms with van der Waals surface area (Å²) in [5.74, 6) is 0. The molecule has 1 aliphatic carbocycles. The van der Waals surface area contributed by atoms with E-state index in [0.29, 0.717) is 25.7 Å². The van der Waals surface area contributed by atoms with E-state index < -0.39 is 23.8 Å². The Labute approximate surface area is 148 Å². The molecule has 0 aliphatic heterocycles. The van der Waals surface area contributed by atoms with Crippen LogP contribution in [0, 0.1) is 0 Å². The predicted molar refractivity (Wildman–Crippen MR) is 91.8 cm³/mol. The first-order chi connectivity index (χ1) is 11.1. The predicted octanol–water partition coefficient (Wildman–Crippen LogP) is 2.84. The van der Waals surface area contributed by atoms with Gasteiger partial charge in [-0.15, -0.1) is 0 Å². The zero-order valence-corrected chi connectivity index (χ0v) is 15.5. The van der Waals surface area contributed by atoms with Crippen molar-refractivity contribution < 1.29 is 23.9 Å². The lowest BCUT2D eigenvalue weighted by Crippen LogP contribution is -2.47. The number of amides is 4. The summed E-state index contributed by atoms with van der Waals surface area (Å²) in [6.45, 7) is 7.27. The van der Waals surface area contributed by atoms with E-state index in [-0.39, 0.29) is 18.7 Å². The molecule has 8 nitrogen and oxygen atoms in total. The molecule has 0 aromatic rings. The quantitative estimate of drug-likeness (QED) is 0.672. The van der Waals surface area contributed by atoms with E-state index in [0.717, 1.165) is 0 Å². The SMILES string of the molecule is CCOC(=O)NC(=O)N(S)C1CCC(NC(=O)OC(C)(C)C)CC1. The lowest BCUT2D eigenvalue weighted by atomic mass is 9.91. The summed E-state index contributed by atoms with van der Waals surface area (Å²) < 4.78 is 11.1. The van der Waals surface area contributed by atoms with Crippen molar-refractivity contribution >= 4 is 31.0 Å². The second kappa shape index (κ2) is 9.00. The molecule has 0 atom stereocenters. The van der Waals surface area contributed by atoms with E-state index in [2.05, 4.69) is 28.2 Å². The van der Waals surface area contributed by atoms with Gasteiger partial charge >= 0.3 is 18.2 Å². The molecule has 9 heteroatoms. The molecular weight excluding hydrogens is 334 g/mol. The maximum atomic E-state index is 11.9. The summed E-state index contributed by atoms with van der Waals surface area (Å²) in [7, 11) is 0. The van der Waals surface area contributed by atoms with Crippen LogP contribution in [0.3, 0.4) is 0 Å². The third kappa shape index (κ3) is 7.29. The minimum Gasteiger partial charge on any atom is -0.450 e. The van der Waals surface area contributed by atoms with Gasteiger partial charge in [-0.2, -0.15) is 0 Å². The molecule has 138 valence electrons. The molecule has 0 heterocycles. The van der Waals surface area contributed by atoms with Crippen LogP contribution in [-0.4, -0.2) is 46.8 Å². The molecule has 1 saturated carbocycles. The number of thiol groups is 1. The summed E-state index contributed by atoms with van der Waals surface area (Å²) in [6.07, 6.45) is 1.51. The van der Waals surface area contributed by atoms with Crippen LogP contribution in [0.4, 0.5) is 14.4 Å². The summed E-state index contributed by atoms with van der Waals surface area (Å²) in [4.78, 5) is 34.9. The summed E-state index contributed by atoms with van der Waals surface area (Å²) in [5.41, 5.74) is -0.533. The Balaban J connectivity index is 2.38. The normalized spacial score (nSPS) is 20.7. The summed E-state index contributed by atoms with van der Waals surface area (Å²) in [6, 6.07) is -0.717. The molecule has 0 radical (unpaired) electrons. The molecule has 1 rings (SSSR count). The highest BCUT2D eigenvalue weighted by Gasteiger charge is 2.29. The van der Waals surface area contributed by atoms with Gasteiger partial charge in [-0.05, 0) is 53.4 Å². The summed E-state index contributed by atoms with van der Waals surface area (Å²) >= 11 is 4.17. The van der Waals surface area contributed by atoms with E-state index in [1.165, 1.54) is 4.31 Å². The van der Waals surface area contributed by atoms with Gasteiger partial charge in [-0.1, -0.05) is 12.8 Å². The van der Waals surface area contributed by atoms with Gasteiger partial charge in [0, 0.05) is 12.1 Å². The Kier molecular flexibility index (Phi) is 7.65. The van der Waals surface area contributed by atoms with Gasteiger partial charge in [-0.3, -0.25) is 4.31 Å². The molecule has 0 saturated heterocycles. The Morgan fingerprint density at radius 3 is 2.21 bits per heavy atom. The van der Waals surface area contributed by atoms with Crippen molar-refractivity contribution in [3.63, 3.8) is 0 Å². The molecule has 0 aromatic carbocycles. The zero-order valence-electron chi connectivity index (χ0n) is 14.6. The van der Waals surface area contributed by atoms with Crippen LogP contribution in [0.15, 0.2) is 0 Å². The third-order valence-corrected chi connectivity index (χ3v) is 3.96. The number of rotatable bonds is 3. The highest BCUT2D eigenvalue weighted by atomic mass is 32.1. The number of urea groups is 1. The van der Waals surface area contributed by atoms with Crippen molar-refractivity contribution in [1.82, 2.24) is 14.9 Å². The number of ether oxygens (including phenoxy) is 2. The summed E-state index contributed by atoms with van der Waals surface area (Å²) in [5, 5.41) is 4.94. The fourth-order valence-corrected chi connectivity index (χ4v) is 2.70. The van der Waals surface area contributed by atoms with Crippen LogP contribution in [0.2, 0.25) is 0 Å². The standard InChI is InChI=1S/C15H27N3O5S/c1-5-22-13(20)17-12(19)18(24)11-8-6-10(7-9-11)16-14(21)23-15(2,3)4/h10-11,24H,5-9H2,1-4H3,(H,16,21)(H,17,19,20). The molecular formula is C15H27N3O5S. The van der Waals surface area contributed by atoms with Crippen molar-refractivity contribution in [1.29, 1.82) is 0 Å². The second-order valence-electron chi connectivity index (χ2n) is 6.65. The largest absolute Gasteiger partial charge is 0.450 e. The molecule has 24 heavy (non-hydrogen) atoms. The van der Waals surface area contributed by atoms with Gasteiger partial charge < -0.3 is 14.8 Å². The van der Waals surface area contributed by atoms with Crippen LogP contribution in [0.25, 0.3) is 0 Å². The number of hydrogen-bond acceptors (Lipinski definition) is 6. The molecule has 1 fully saturated rings. The number of hydrogen-bond donors (Lipinski definition) is 3. The van der Waals surface area contributed by atoms with E-state index in [9.17, 15) is 14.4 Å². The van der Waals surface area contributed by atoms with Crippen LogP contribution in [-0.2, 0) is 9.47 Å². The van der Waals surface area contributed by atoms with Gasteiger partial charge in [-0.25, -0.2) is 19.7 Å². The molecule has 0 unspecified atom stereocenters. The Morgan fingerprint density at radius 1 is 1.12 bits per heavy atom. The Hall–Kier alpha value is -1.64. The molecule has 0 spiro atoms. The first-order valence-corrected chi connectivity index (χ1v) is 8.47. The van der Waals surface area contributed by atoms with Crippen molar-refractivity contribution in [2.45, 2.75) is 71.1 Å². The topological polar surface area (TPSA) is 97.0 Å². The van der Waals surface area contributed by atoms with Gasteiger partial charge in [0.2, 0.25) is 0 Å². The van der Waals surface area contributed by atoms with Gasteiger partial charge in [0.25, 0.3) is 0 Å². The third-order valence-electron chi connectivity index (χ3n) is 3.46. The number of imide groups is 1. The van der Waals surface area contributed by atoms with Crippen LogP contribution in [0.1, 0.15) is 53.4 Å². The number of carbonyl (C=O) groups is 3. The molecule has 1 aliphatic rings. The maximum absolute atomic E-state index is 11.9. The first kappa shape index (κ1) is 20.4. The highest BCUT2D eigenvalue weighted by molar-refractivity contribution is 7.78. The number of nitrogens with zero attached hydrogens (tertiary/aromatic N) is 1. The van der Waals surface area contributed by atoms with Crippen LogP contribution >= 0.6 is 12.8 Å². The van der Waals surface area contributed by atoms with Crippen molar-refractivity contribution in [2.24, 2.45) is 0 Å². The van der Waals surface area contributed by atoms with E-state index in [4.69, 9.17) is 4.74 Å². The average molecular weight is 361 g/mol. The van der Waals surface area contributed by atoms with E-state index >= 15 is 0 Å². The zero-order chi connectivity index (χ0) is 18.3. The first-order valence-electron chi connectivity index (χ1n) is 8.07. The van der Waals surface area contributed by atoms with Gasteiger partial charge in [0.15, 0.2) is 0 Å². The monoisotopic (exact) mass is 361 g/mol. The van der Waals surface area contributed by atoms with Crippen LogP contribution < -0.4 is 10.6 Å². The molecule has 0 aromatic heterocycles. The minimum atomic E-state index is -0.790. The smallest absolute Gasteiger partial charge is 0.415 e. The number of carbonyl (C=O) groups excluding carboxylic acids is 3. The fraction of sp³-hybridized carbons (Fsp3) is 0.800. The van der Waals surface area contributed by atoms with Gasteiger partial charge in [0.1, 0.15) is 5.60 Å². The molecule has 2 N–H and O–H groups in total. The average Bonchev–Trinajstić information content (AvgIpc) is 2.45. The van der Waals surface area contributed by atoms with E-state index in [1.54, 1.807) is 6.92 Å². The number of alkyl carbamates (subject to hydrolysis) is 2. The number of nitrogens with one attached hydrogen (secondary N) is 2. The maximum Gasteiger partial charge on any atom is 0.415 e. The van der Waals surface area contributed by atoms with Crippen molar-refractivity contribution in [3.05, 3.63) is 0 Å². The minimum absolute atomic E-state index is 0.00551. The van der Waals surface area contributed by atoms with E-state index in [1.807, 2.05) is 20.8 Å². The Bertz CT molecular complexity index is 459.